The highest BCUT2D eigenvalue weighted by Crippen LogP contribution is 2.46. The molecule has 1 N–H and O–H groups in total. The smallest absolute Gasteiger partial charge is 0.406 e. The zero-order chi connectivity index (χ0) is 15.7. The van der Waals surface area contributed by atoms with Crippen LogP contribution in [0.5, 0.6) is 5.88 Å². The van der Waals surface area contributed by atoms with Crippen molar-refractivity contribution in [3.05, 3.63) is 12.3 Å². The molecule has 1 aliphatic heterocycles. The maximum atomic E-state index is 13.1. The quantitative estimate of drug-likeness (QED) is 0.913. The number of nitrogens with zero attached hydrogens (tertiary/aromatic N) is 3. The summed E-state index contributed by atoms with van der Waals surface area (Å²) in [5.41, 5.74) is -2.78. The zero-order valence-electron chi connectivity index (χ0n) is 11.2. The number of carbonyl (C=O) groups is 1. The normalized spacial score (nSPS) is 22.4. The number of ether oxygens (including phenoxy) is 1. The topological polar surface area (TPSA) is 75.5 Å². The summed E-state index contributed by atoms with van der Waals surface area (Å²) in [6.07, 6.45) is -4.00. The van der Waals surface area contributed by atoms with E-state index in [1.807, 2.05) is 0 Å². The van der Waals surface area contributed by atoms with Gasteiger partial charge in [0.2, 0.25) is 11.8 Å². The number of aliphatic carboxylic acids is 1. The summed E-state index contributed by atoms with van der Waals surface area (Å²) in [4.78, 5) is 20.2. The maximum Gasteiger partial charge on any atom is 0.406 e. The van der Waals surface area contributed by atoms with Gasteiger partial charge in [-0.1, -0.05) is 0 Å². The second-order valence-corrected chi connectivity index (χ2v) is 4.68. The first kappa shape index (κ1) is 15.3. The van der Waals surface area contributed by atoms with Crippen molar-refractivity contribution >= 4 is 11.9 Å². The summed E-state index contributed by atoms with van der Waals surface area (Å²) < 4.78 is 44.4. The fourth-order valence-corrected chi connectivity index (χ4v) is 2.22. The van der Waals surface area contributed by atoms with Crippen molar-refractivity contribution in [1.29, 1.82) is 0 Å². The molecule has 0 saturated carbocycles. The van der Waals surface area contributed by atoms with E-state index in [0.29, 0.717) is 6.61 Å². The molecule has 1 saturated heterocycles. The molecule has 1 aliphatic rings. The molecular weight excluding hydrogens is 291 g/mol. The van der Waals surface area contributed by atoms with Crippen LogP contribution in [-0.4, -0.2) is 46.9 Å². The van der Waals surface area contributed by atoms with E-state index in [1.165, 1.54) is 17.2 Å². The highest BCUT2D eigenvalue weighted by atomic mass is 19.4. The van der Waals surface area contributed by atoms with Crippen molar-refractivity contribution < 1.29 is 27.8 Å². The Labute approximate surface area is 118 Å². The Bertz CT molecular complexity index is 538. The molecular formula is C12H14F3N3O3. The van der Waals surface area contributed by atoms with Gasteiger partial charge in [0.05, 0.1) is 6.61 Å². The molecule has 0 aliphatic carbocycles. The minimum absolute atomic E-state index is 0.0355. The third-order valence-electron chi connectivity index (χ3n) is 3.41. The summed E-state index contributed by atoms with van der Waals surface area (Å²) >= 11 is 0. The lowest BCUT2D eigenvalue weighted by atomic mass is 9.86. The van der Waals surface area contributed by atoms with Crippen LogP contribution in [0.3, 0.4) is 0 Å². The van der Waals surface area contributed by atoms with E-state index in [0.717, 1.165) is 0 Å². The monoisotopic (exact) mass is 305 g/mol. The van der Waals surface area contributed by atoms with Crippen LogP contribution in [0.15, 0.2) is 12.3 Å². The minimum atomic E-state index is -4.83. The fourth-order valence-electron chi connectivity index (χ4n) is 2.22. The average molecular weight is 305 g/mol. The van der Waals surface area contributed by atoms with Gasteiger partial charge < -0.3 is 14.7 Å². The standard InChI is InChI=1S/C12H14F3N3O3/c1-2-21-8-3-5-16-10(17-8)18-6-4-11(7-18,9(19)20)12(13,14)15/h3,5H,2,4,6-7H2,1H3,(H,19,20). The van der Waals surface area contributed by atoms with Gasteiger partial charge in [-0.25, -0.2) is 4.98 Å². The summed E-state index contributed by atoms with van der Waals surface area (Å²) in [5.74, 6) is -1.60. The van der Waals surface area contributed by atoms with Crippen LogP contribution < -0.4 is 9.64 Å². The number of hydrogen-bond acceptors (Lipinski definition) is 5. The molecule has 6 nitrogen and oxygen atoms in total. The molecule has 0 bridgehead atoms. The Kier molecular flexibility index (Phi) is 3.93. The molecule has 0 aromatic carbocycles. The highest BCUT2D eigenvalue weighted by molar-refractivity contribution is 5.77. The van der Waals surface area contributed by atoms with E-state index in [1.54, 1.807) is 6.92 Å². The summed E-state index contributed by atoms with van der Waals surface area (Å²) in [5, 5.41) is 8.99. The number of alkyl halides is 3. The third-order valence-corrected chi connectivity index (χ3v) is 3.41. The van der Waals surface area contributed by atoms with E-state index in [-0.39, 0.29) is 18.4 Å². The van der Waals surface area contributed by atoms with Crippen LogP contribution in [-0.2, 0) is 4.79 Å². The van der Waals surface area contributed by atoms with Gasteiger partial charge in [0.1, 0.15) is 0 Å². The van der Waals surface area contributed by atoms with Gasteiger partial charge in [-0.2, -0.15) is 18.2 Å². The zero-order valence-corrected chi connectivity index (χ0v) is 11.2. The van der Waals surface area contributed by atoms with Gasteiger partial charge in [-0.15, -0.1) is 0 Å². The molecule has 1 fully saturated rings. The SMILES string of the molecule is CCOc1ccnc(N2CCC(C(=O)O)(C(F)(F)F)C2)n1. The molecule has 2 heterocycles. The molecule has 1 unspecified atom stereocenters. The maximum absolute atomic E-state index is 13.1. The second-order valence-electron chi connectivity index (χ2n) is 4.68. The number of hydrogen-bond donors (Lipinski definition) is 1. The number of halogens is 3. The van der Waals surface area contributed by atoms with Crippen LogP contribution in [0.25, 0.3) is 0 Å². The lowest BCUT2D eigenvalue weighted by Gasteiger charge is -2.27. The minimum Gasteiger partial charge on any atom is -0.481 e. The predicted octanol–water partition coefficient (Wildman–Crippen LogP) is 1.72. The van der Waals surface area contributed by atoms with Crippen LogP contribution >= 0.6 is 0 Å². The number of anilines is 1. The summed E-state index contributed by atoms with van der Waals surface area (Å²) in [6, 6.07) is 1.48. The van der Waals surface area contributed by atoms with Gasteiger partial charge >= 0.3 is 12.1 Å². The van der Waals surface area contributed by atoms with E-state index in [2.05, 4.69) is 9.97 Å². The van der Waals surface area contributed by atoms with Crippen molar-refractivity contribution in [2.45, 2.75) is 19.5 Å². The van der Waals surface area contributed by atoms with Gasteiger partial charge in [0, 0.05) is 25.4 Å². The highest BCUT2D eigenvalue weighted by Gasteiger charge is 2.64. The third kappa shape index (κ3) is 2.72. The Morgan fingerprint density at radius 2 is 2.29 bits per heavy atom. The summed E-state index contributed by atoms with van der Waals surface area (Å²) in [7, 11) is 0. The predicted molar refractivity (Wildman–Crippen MR) is 66.2 cm³/mol. The van der Waals surface area contributed by atoms with Gasteiger partial charge in [-0.3, -0.25) is 4.79 Å². The first-order valence-corrected chi connectivity index (χ1v) is 6.31. The van der Waals surface area contributed by atoms with E-state index < -0.39 is 30.5 Å². The Balaban J connectivity index is 2.25. The molecule has 1 aromatic heterocycles. The molecule has 1 atom stereocenters. The van der Waals surface area contributed by atoms with E-state index >= 15 is 0 Å². The van der Waals surface area contributed by atoms with Gasteiger partial charge in [-0.05, 0) is 13.3 Å². The number of carboxylic acids is 1. The number of aromatic nitrogens is 2. The lowest BCUT2D eigenvalue weighted by Crippen LogP contribution is -2.47. The largest absolute Gasteiger partial charge is 0.481 e. The Morgan fingerprint density at radius 1 is 1.57 bits per heavy atom. The van der Waals surface area contributed by atoms with Crippen molar-refractivity contribution in [2.24, 2.45) is 5.41 Å². The molecule has 1 aromatic rings. The van der Waals surface area contributed by atoms with Crippen molar-refractivity contribution in [3.8, 4) is 5.88 Å². The van der Waals surface area contributed by atoms with Crippen LogP contribution in [0, 0.1) is 5.41 Å². The second kappa shape index (κ2) is 5.38. The van der Waals surface area contributed by atoms with Gasteiger partial charge in [0.25, 0.3) is 0 Å². The average Bonchev–Trinajstić information content (AvgIpc) is 2.85. The molecule has 0 amide bonds. The van der Waals surface area contributed by atoms with E-state index in [9.17, 15) is 18.0 Å². The molecule has 9 heteroatoms. The van der Waals surface area contributed by atoms with Crippen LogP contribution in [0.2, 0.25) is 0 Å². The Hall–Kier alpha value is -2.06. The molecule has 116 valence electrons. The van der Waals surface area contributed by atoms with Gasteiger partial charge in [0.15, 0.2) is 5.41 Å². The molecule has 0 radical (unpaired) electrons. The lowest BCUT2D eigenvalue weighted by molar-refractivity contribution is -0.225. The first-order chi connectivity index (χ1) is 9.80. The Morgan fingerprint density at radius 3 is 2.81 bits per heavy atom. The van der Waals surface area contributed by atoms with E-state index in [4.69, 9.17) is 9.84 Å². The number of carboxylic acid groups (broad SMARTS) is 1. The van der Waals surface area contributed by atoms with Crippen LogP contribution in [0.1, 0.15) is 13.3 Å². The van der Waals surface area contributed by atoms with Crippen molar-refractivity contribution in [3.63, 3.8) is 0 Å². The van der Waals surface area contributed by atoms with Crippen molar-refractivity contribution in [2.75, 3.05) is 24.6 Å². The van der Waals surface area contributed by atoms with Crippen LogP contribution in [0.4, 0.5) is 19.1 Å². The molecule has 0 spiro atoms. The summed E-state index contributed by atoms with van der Waals surface area (Å²) in [6.45, 7) is 1.32. The van der Waals surface area contributed by atoms with Crippen molar-refractivity contribution in [1.82, 2.24) is 9.97 Å². The molecule has 2 rings (SSSR count). The number of rotatable bonds is 4. The molecule has 21 heavy (non-hydrogen) atoms. The fraction of sp³-hybridized carbons (Fsp3) is 0.583. The first-order valence-electron chi connectivity index (χ1n) is 6.31.